The lowest BCUT2D eigenvalue weighted by Crippen LogP contribution is -2.30. The van der Waals surface area contributed by atoms with E-state index in [0.717, 1.165) is 11.2 Å². The van der Waals surface area contributed by atoms with Gasteiger partial charge in [0.1, 0.15) is 17.1 Å². The molecule has 15 heteroatoms. The number of rotatable bonds is 11. The molecule has 7 N–H and O–H groups in total. The first-order valence-corrected chi connectivity index (χ1v) is 11.0. The van der Waals surface area contributed by atoms with Gasteiger partial charge in [-0.25, -0.2) is 0 Å². The lowest BCUT2D eigenvalue weighted by atomic mass is 10.3. The molecule has 38 heavy (non-hydrogen) atoms. The minimum atomic E-state index is -0.552. The Kier molecular flexibility index (Phi) is 9.59. The molecule has 3 rings (SSSR count). The molecular formula is C23H29ClN10O4. The Morgan fingerprint density at radius 2 is 1.53 bits per heavy atom. The second-order valence-electron chi connectivity index (χ2n) is 8.20. The van der Waals surface area contributed by atoms with Crippen LogP contribution in [0.5, 0.6) is 0 Å². The maximum Gasteiger partial charge on any atom is 0.280 e. The van der Waals surface area contributed by atoms with E-state index in [2.05, 4.69) is 16.0 Å². The van der Waals surface area contributed by atoms with E-state index in [4.69, 9.17) is 16.6 Å². The maximum atomic E-state index is 13.3. The van der Waals surface area contributed by atoms with Crippen molar-refractivity contribution in [2.75, 3.05) is 22.1 Å². The summed E-state index contributed by atoms with van der Waals surface area (Å²) >= 11 is 0. The summed E-state index contributed by atoms with van der Waals surface area (Å²) in [6.07, 6.45) is 6.24. The molecule has 0 radical (unpaired) electrons. The number of anilines is 3. The molecule has 3 heterocycles. The summed E-state index contributed by atoms with van der Waals surface area (Å²) in [5.41, 5.74) is 7.14. The number of carbonyl (C=O) groups is 4. The quantitative estimate of drug-likeness (QED) is 0.120. The van der Waals surface area contributed by atoms with Crippen molar-refractivity contribution in [3.05, 3.63) is 53.9 Å². The van der Waals surface area contributed by atoms with Gasteiger partial charge in [0, 0.05) is 52.7 Å². The Morgan fingerprint density at radius 1 is 0.947 bits per heavy atom. The molecule has 202 valence electrons. The summed E-state index contributed by atoms with van der Waals surface area (Å²) in [6.45, 7) is 0.192. The summed E-state index contributed by atoms with van der Waals surface area (Å²) in [7, 11) is 4.91. The Labute approximate surface area is 224 Å². The van der Waals surface area contributed by atoms with Gasteiger partial charge in [0.25, 0.3) is 17.7 Å². The molecule has 14 nitrogen and oxygen atoms in total. The Hall–Kier alpha value is -4.85. The number of hydrogen-bond acceptors (Lipinski definition) is 6. The third-order valence-electron chi connectivity index (χ3n) is 5.47. The summed E-state index contributed by atoms with van der Waals surface area (Å²) < 4.78 is 4.58. The molecule has 3 aromatic rings. The van der Waals surface area contributed by atoms with Crippen molar-refractivity contribution in [2.24, 2.45) is 26.9 Å². The van der Waals surface area contributed by atoms with Crippen LogP contribution in [0.3, 0.4) is 0 Å². The van der Waals surface area contributed by atoms with Gasteiger partial charge in [0.15, 0.2) is 0 Å². The molecule has 0 spiro atoms. The molecule has 0 atom stereocenters. The summed E-state index contributed by atoms with van der Waals surface area (Å²) in [5, 5.41) is 22.9. The van der Waals surface area contributed by atoms with Gasteiger partial charge < -0.3 is 35.4 Å². The highest BCUT2D eigenvalue weighted by atomic mass is 35.5. The number of carbonyl (C=O) groups excluding carboxylic acids is 4. The molecule has 0 bridgehead atoms. The topological polar surface area (TPSA) is 196 Å². The number of nitrogens with one attached hydrogen (secondary N) is 5. The molecular weight excluding hydrogens is 516 g/mol. The maximum absolute atomic E-state index is 13.3. The molecule has 0 saturated heterocycles. The number of amides is 4. The predicted molar refractivity (Wildman–Crippen MR) is 146 cm³/mol. The van der Waals surface area contributed by atoms with E-state index in [1.807, 2.05) is 0 Å². The number of aromatic nitrogens is 3. The highest BCUT2D eigenvalue weighted by molar-refractivity contribution is 6.16. The van der Waals surface area contributed by atoms with E-state index < -0.39 is 17.7 Å². The van der Waals surface area contributed by atoms with Gasteiger partial charge in [0.05, 0.1) is 29.2 Å². The molecule has 0 unspecified atom stereocenters. The first-order valence-electron chi connectivity index (χ1n) is 11.0. The molecule has 0 aliphatic carbocycles. The summed E-state index contributed by atoms with van der Waals surface area (Å²) in [4.78, 5) is 50.2. The van der Waals surface area contributed by atoms with Crippen molar-refractivity contribution in [3.8, 4) is 0 Å². The Balaban J connectivity index is 0.00000507. The first kappa shape index (κ1) is 29.4. The van der Waals surface area contributed by atoms with Crippen LogP contribution in [0.15, 0.2) is 36.8 Å². The molecule has 4 amide bonds. The van der Waals surface area contributed by atoms with Crippen LogP contribution in [0.1, 0.15) is 37.9 Å². The average molecular weight is 545 g/mol. The average Bonchev–Trinajstić information content (AvgIpc) is 3.50. The van der Waals surface area contributed by atoms with Crippen LogP contribution in [0.2, 0.25) is 0 Å². The lowest BCUT2D eigenvalue weighted by molar-refractivity contribution is -0.105. The van der Waals surface area contributed by atoms with Gasteiger partial charge in [-0.15, -0.1) is 12.4 Å². The van der Waals surface area contributed by atoms with Gasteiger partial charge in [-0.3, -0.25) is 34.9 Å². The van der Waals surface area contributed by atoms with E-state index in [-0.39, 0.29) is 42.6 Å². The molecule has 0 aromatic carbocycles. The number of halogens is 1. The normalized spacial score (nSPS) is 10.2. The number of nitrogens with zero attached hydrogens (tertiary/aromatic N) is 4. The van der Waals surface area contributed by atoms with Crippen LogP contribution >= 0.6 is 12.4 Å². The highest BCUT2D eigenvalue weighted by Crippen LogP contribution is 2.22. The second kappa shape index (κ2) is 12.4. The van der Waals surface area contributed by atoms with Crippen molar-refractivity contribution in [1.82, 2.24) is 19.0 Å². The zero-order chi connectivity index (χ0) is 27.3. The van der Waals surface area contributed by atoms with Crippen molar-refractivity contribution in [1.29, 1.82) is 10.8 Å². The molecule has 0 saturated carbocycles. The van der Waals surface area contributed by atoms with Crippen molar-refractivity contribution >= 4 is 65.8 Å². The van der Waals surface area contributed by atoms with Crippen molar-refractivity contribution in [2.45, 2.75) is 6.42 Å². The standard InChI is InChI=1S/C23H28N10O4.ClH/c1-30-9-14(28-13-34)6-17(30)22(36)29-15-7-19(31(2)10-15)23(37)33(12-24)16-8-18(32(3)11-16)21(35)27-5-4-20(25)26;/h6-13,24H,4-5H2,1-3H3,(H3,25,26)(H,27,35)(H,28,34)(H,29,36);1H. The number of hydrogen-bond donors (Lipinski definition) is 6. The largest absolute Gasteiger partial charge is 0.388 e. The first-order chi connectivity index (χ1) is 17.5. The predicted octanol–water partition coefficient (Wildman–Crippen LogP) is 1.25. The van der Waals surface area contributed by atoms with Crippen molar-refractivity contribution < 1.29 is 19.2 Å². The zero-order valence-corrected chi connectivity index (χ0v) is 21.8. The minimum Gasteiger partial charge on any atom is -0.388 e. The van der Waals surface area contributed by atoms with E-state index in [0.29, 0.717) is 29.2 Å². The monoisotopic (exact) mass is 544 g/mol. The van der Waals surface area contributed by atoms with Gasteiger partial charge in [-0.2, -0.15) is 0 Å². The van der Waals surface area contributed by atoms with Crippen LogP contribution in [-0.4, -0.2) is 56.6 Å². The highest BCUT2D eigenvalue weighted by Gasteiger charge is 2.23. The second-order valence-corrected chi connectivity index (χ2v) is 8.20. The van der Waals surface area contributed by atoms with Crippen LogP contribution in [0.4, 0.5) is 17.1 Å². The SMILES string of the molecule is Cl.Cn1cc(N(C=N)C(=O)c2cc(NC(=O)c3cc(NC=O)cn3C)cn2C)cc1C(=O)NCCC(=N)N. The van der Waals surface area contributed by atoms with E-state index in [1.54, 1.807) is 38.1 Å². The number of amidine groups is 1. The minimum absolute atomic E-state index is 0. The molecule has 3 aromatic heterocycles. The van der Waals surface area contributed by atoms with Gasteiger partial charge in [0.2, 0.25) is 6.41 Å². The zero-order valence-electron chi connectivity index (χ0n) is 20.9. The van der Waals surface area contributed by atoms with Crippen molar-refractivity contribution in [3.63, 3.8) is 0 Å². The molecule has 0 fully saturated rings. The Bertz CT molecular complexity index is 1390. The van der Waals surface area contributed by atoms with E-state index in [9.17, 15) is 19.2 Å². The summed E-state index contributed by atoms with van der Waals surface area (Å²) in [5.74, 6) is -1.46. The van der Waals surface area contributed by atoms with E-state index in [1.165, 1.54) is 33.5 Å². The molecule has 0 aliphatic rings. The Morgan fingerprint density at radius 3 is 2.16 bits per heavy atom. The number of aryl methyl sites for hydroxylation is 3. The lowest BCUT2D eigenvalue weighted by Gasteiger charge is -2.15. The van der Waals surface area contributed by atoms with Crippen LogP contribution in [0.25, 0.3) is 0 Å². The summed E-state index contributed by atoms with van der Waals surface area (Å²) in [6, 6.07) is 4.46. The van der Waals surface area contributed by atoms with E-state index >= 15 is 0 Å². The van der Waals surface area contributed by atoms with Crippen LogP contribution in [0, 0.1) is 10.8 Å². The third kappa shape index (κ3) is 6.47. The number of nitrogens with two attached hydrogens (primary N) is 1. The fourth-order valence-electron chi connectivity index (χ4n) is 3.66. The smallest absolute Gasteiger partial charge is 0.280 e. The van der Waals surface area contributed by atoms with Gasteiger partial charge in [-0.1, -0.05) is 0 Å². The third-order valence-corrected chi connectivity index (χ3v) is 5.47. The fraction of sp³-hybridized carbons (Fsp3) is 0.217. The van der Waals surface area contributed by atoms with Crippen LogP contribution in [-0.2, 0) is 25.9 Å². The van der Waals surface area contributed by atoms with Gasteiger partial charge in [-0.05, 0) is 18.2 Å². The van der Waals surface area contributed by atoms with Gasteiger partial charge >= 0.3 is 0 Å². The molecule has 0 aliphatic heterocycles. The van der Waals surface area contributed by atoms with Crippen LogP contribution < -0.4 is 26.6 Å². The fourth-order valence-corrected chi connectivity index (χ4v) is 3.66.